The molecule has 1 atom stereocenters. The summed E-state index contributed by atoms with van der Waals surface area (Å²) in [5, 5.41) is 3.98. The molecule has 2 nitrogen and oxygen atoms in total. The monoisotopic (exact) mass is 361 g/mol. The van der Waals surface area contributed by atoms with Gasteiger partial charge in [-0.3, -0.25) is 4.79 Å². The molecule has 0 heterocycles. The molecule has 0 radical (unpaired) electrons. The molecule has 1 aromatic rings. The largest absolute Gasteiger partial charge is 0.350 e. The molecule has 0 saturated heterocycles. The Morgan fingerprint density at radius 2 is 2.18 bits per heavy atom. The number of hydrogen-bond donors (Lipinski definition) is 1. The fourth-order valence-corrected chi connectivity index (χ4v) is 2.32. The van der Waals surface area contributed by atoms with Crippen LogP contribution in [0.1, 0.15) is 35.7 Å². The maximum atomic E-state index is 12.0. The fourth-order valence-electron chi connectivity index (χ4n) is 1.57. The van der Waals surface area contributed by atoms with E-state index in [1.165, 1.54) is 0 Å². The number of aryl methyl sites for hydroxylation is 1. The first kappa shape index (κ1) is 14.7. The van der Waals surface area contributed by atoms with E-state index < -0.39 is 0 Å². The molecule has 0 aliphatic heterocycles. The smallest absolute Gasteiger partial charge is 0.252 e. The van der Waals surface area contributed by atoms with Crippen LogP contribution < -0.4 is 5.32 Å². The van der Waals surface area contributed by atoms with E-state index in [1.54, 1.807) is 0 Å². The lowest BCUT2D eigenvalue weighted by atomic mass is 10.1. The zero-order valence-electron chi connectivity index (χ0n) is 10.1. The molecule has 0 spiro atoms. The van der Waals surface area contributed by atoms with Crippen molar-refractivity contribution in [1.82, 2.24) is 5.32 Å². The van der Waals surface area contributed by atoms with E-state index in [4.69, 9.17) is 0 Å². The normalized spacial score (nSPS) is 12.2. The van der Waals surface area contributed by atoms with Gasteiger partial charge in [-0.1, -0.05) is 27.6 Å². The van der Waals surface area contributed by atoms with E-state index in [-0.39, 0.29) is 11.9 Å². The van der Waals surface area contributed by atoms with Gasteiger partial charge >= 0.3 is 0 Å². The molecule has 1 rings (SSSR count). The lowest BCUT2D eigenvalue weighted by Crippen LogP contribution is -2.32. The molecule has 17 heavy (non-hydrogen) atoms. The topological polar surface area (TPSA) is 29.1 Å². The van der Waals surface area contributed by atoms with Crippen molar-refractivity contribution in [3.63, 3.8) is 0 Å². The summed E-state index contributed by atoms with van der Waals surface area (Å²) in [4.78, 5) is 12.0. The molecule has 94 valence electrons. The Balaban J connectivity index is 2.66. The van der Waals surface area contributed by atoms with Gasteiger partial charge < -0.3 is 5.32 Å². The molecule has 1 aromatic carbocycles. The van der Waals surface area contributed by atoms with E-state index >= 15 is 0 Å². The van der Waals surface area contributed by atoms with Gasteiger partial charge in [0.15, 0.2) is 0 Å². The minimum absolute atomic E-state index is 0.0114. The predicted octanol–water partition coefficient (Wildman–Crippen LogP) is 4.05. The Morgan fingerprint density at radius 1 is 1.47 bits per heavy atom. The summed E-state index contributed by atoms with van der Waals surface area (Å²) in [5.74, 6) is -0.0114. The van der Waals surface area contributed by atoms with Crippen molar-refractivity contribution < 1.29 is 4.79 Å². The van der Waals surface area contributed by atoms with Crippen LogP contribution in [0.3, 0.4) is 0 Å². The highest BCUT2D eigenvalue weighted by Gasteiger charge is 2.12. The van der Waals surface area contributed by atoms with Crippen molar-refractivity contribution in [2.24, 2.45) is 0 Å². The number of rotatable bonds is 5. The molecule has 4 heteroatoms. The van der Waals surface area contributed by atoms with Gasteiger partial charge in [0.2, 0.25) is 0 Å². The van der Waals surface area contributed by atoms with Gasteiger partial charge in [0.25, 0.3) is 5.91 Å². The molecule has 1 unspecified atom stereocenters. The zero-order chi connectivity index (χ0) is 12.8. The minimum Gasteiger partial charge on any atom is -0.350 e. The molecule has 0 aliphatic rings. The van der Waals surface area contributed by atoms with Crippen LogP contribution >= 0.6 is 31.9 Å². The van der Waals surface area contributed by atoms with Crippen LogP contribution in [-0.4, -0.2) is 17.3 Å². The molecular formula is C13H17Br2NO. The van der Waals surface area contributed by atoms with Crippen LogP contribution in [0, 0.1) is 6.92 Å². The zero-order valence-corrected chi connectivity index (χ0v) is 13.3. The second-order valence-corrected chi connectivity index (χ2v) is 5.84. The number of hydrogen-bond acceptors (Lipinski definition) is 1. The number of amides is 1. The first-order chi connectivity index (χ1) is 8.04. The maximum Gasteiger partial charge on any atom is 0.252 e. The van der Waals surface area contributed by atoms with Gasteiger partial charge in [0.1, 0.15) is 0 Å². The number of carbonyl (C=O) groups is 1. The van der Waals surface area contributed by atoms with Crippen molar-refractivity contribution in [2.75, 3.05) is 5.33 Å². The van der Waals surface area contributed by atoms with Gasteiger partial charge in [-0.2, -0.15) is 0 Å². The van der Waals surface area contributed by atoms with E-state index in [2.05, 4.69) is 37.2 Å². The Bertz CT molecular complexity index is 393. The summed E-state index contributed by atoms with van der Waals surface area (Å²) >= 11 is 6.80. The third kappa shape index (κ3) is 4.80. The minimum atomic E-state index is -0.0114. The number of alkyl halides is 1. The molecular weight excluding hydrogens is 346 g/mol. The van der Waals surface area contributed by atoms with Gasteiger partial charge in [0, 0.05) is 15.8 Å². The number of nitrogens with one attached hydrogen (secondary N) is 1. The average Bonchev–Trinajstić information content (AvgIpc) is 2.29. The Kier molecular flexibility index (Phi) is 6.20. The van der Waals surface area contributed by atoms with Gasteiger partial charge in [-0.25, -0.2) is 0 Å². The van der Waals surface area contributed by atoms with E-state index in [0.29, 0.717) is 5.56 Å². The van der Waals surface area contributed by atoms with E-state index in [0.717, 1.165) is 28.2 Å². The van der Waals surface area contributed by atoms with Crippen LogP contribution in [0.25, 0.3) is 0 Å². The Morgan fingerprint density at radius 3 is 2.82 bits per heavy atom. The van der Waals surface area contributed by atoms with Crippen LogP contribution in [0.2, 0.25) is 0 Å². The molecule has 1 N–H and O–H groups in total. The first-order valence-electron chi connectivity index (χ1n) is 5.67. The van der Waals surface area contributed by atoms with Crippen molar-refractivity contribution >= 4 is 37.8 Å². The summed E-state index contributed by atoms with van der Waals surface area (Å²) in [6.07, 6.45) is 2.05. The third-order valence-corrected chi connectivity index (χ3v) is 3.77. The second-order valence-electron chi connectivity index (χ2n) is 4.19. The lowest BCUT2D eigenvalue weighted by Gasteiger charge is -2.14. The van der Waals surface area contributed by atoms with E-state index in [9.17, 15) is 4.79 Å². The first-order valence-corrected chi connectivity index (χ1v) is 7.59. The quantitative estimate of drug-likeness (QED) is 0.786. The standard InChI is InChI=1S/C13H17Br2NO/c1-9-5-6-12(15)11(8-9)13(17)16-10(2)4-3-7-14/h5-6,8,10H,3-4,7H2,1-2H3,(H,16,17). The SMILES string of the molecule is Cc1ccc(Br)c(C(=O)NC(C)CCCBr)c1. The summed E-state index contributed by atoms with van der Waals surface area (Å²) < 4.78 is 0.841. The summed E-state index contributed by atoms with van der Waals surface area (Å²) in [5.41, 5.74) is 1.79. The Hall–Kier alpha value is -0.350. The highest BCUT2D eigenvalue weighted by molar-refractivity contribution is 9.10. The molecule has 0 fully saturated rings. The van der Waals surface area contributed by atoms with Gasteiger partial charge in [-0.05, 0) is 54.8 Å². The van der Waals surface area contributed by atoms with Crippen molar-refractivity contribution in [2.45, 2.75) is 32.7 Å². The van der Waals surface area contributed by atoms with Crippen molar-refractivity contribution in [3.05, 3.63) is 33.8 Å². The fraction of sp³-hybridized carbons (Fsp3) is 0.462. The third-order valence-electron chi connectivity index (χ3n) is 2.51. The maximum absolute atomic E-state index is 12.0. The number of carbonyl (C=O) groups excluding carboxylic acids is 1. The molecule has 0 aromatic heterocycles. The summed E-state index contributed by atoms with van der Waals surface area (Å²) in [6, 6.07) is 5.99. The van der Waals surface area contributed by atoms with Crippen molar-refractivity contribution in [1.29, 1.82) is 0 Å². The number of halogens is 2. The lowest BCUT2D eigenvalue weighted by molar-refractivity contribution is 0.0937. The summed E-state index contributed by atoms with van der Waals surface area (Å²) in [7, 11) is 0. The predicted molar refractivity (Wildman–Crippen MR) is 78.8 cm³/mol. The van der Waals surface area contributed by atoms with Crippen LogP contribution in [0.4, 0.5) is 0 Å². The molecule has 0 aliphatic carbocycles. The van der Waals surface area contributed by atoms with E-state index in [1.807, 2.05) is 32.0 Å². The summed E-state index contributed by atoms with van der Waals surface area (Å²) in [6.45, 7) is 4.02. The highest BCUT2D eigenvalue weighted by Crippen LogP contribution is 2.18. The average molecular weight is 363 g/mol. The second kappa shape index (κ2) is 7.17. The van der Waals surface area contributed by atoms with Crippen LogP contribution in [0.5, 0.6) is 0 Å². The molecule has 1 amide bonds. The van der Waals surface area contributed by atoms with Crippen molar-refractivity contribution in [3.8, 4) is 0 Å². The van der Waals surface area contributed by atoms with Gasteiger partial charge in [0.05, 0.1) is 5.56 Å². The molecule has 0 bridgehead atoms. The Labute approximate surface area is 119 Å². The van der Waals surface area contributed by atoms with Gasteiger partial charge in [-0.15, -0.1) is 0 Å². The van der Waals surface area contributed by atoms with Crippen LogP contribution in [0.15, 0.2) is 22.7 Å². The molecule has 0 saturated carbocycles. The number of benzene rings is 1. The van der Waals surface area contributed by atoms with Crippen LogP contribution in [-0.2, 0) is 0 Å². The highest BCUT2D eigenvalue weighted by atomic mass is 79.9.